The topological polar surface area (TPSA) is 0 Å². The van der Waals surface area contributed by atoms with E-state index in [9.17, 15) is 0 Å². The van der Waals surface area contributed by atoms with E-state index in [1.165, 1.54) is 86.5 Å². The maximum absolute atomic E-state index is 6.01. The minimum Gasteiger partial charge on any atom is -0.0843 e. The van der Waals surface area contributed by atoms with E-state index < -0.39 is 0 Å². The molecule has 0 unspecified atom stereocenters. The molecule has 0 radical (unpaired) electrons. The number of hydrogen-bond acceptors (Lipinski definition) is 0. The van der Waals surface area contributed by atoms with Crippen LogP contribution in [-0.2, 0) is 12.8 Å². The molecule has 1 saturated carbocycles. The number of rotatable bonds is 9. The smallest absolute Gasteiger partial charge is 0.0406 e. The number of hydrogen-bond donors (Lipinski definition) is 0. The van der Waals surface area contributed by atoms with Gasteiger partial charge in [0.05, 0.1) is 0 Å². The third-order valence-electron chi connectivity index (χ3n) is 7.34. The van der Waals surface area contributed by atoms with Gasteiger partial charge in [-0.2, -0.15) is 0 Å². The summed E-state index contributed by atoms with van der Waals surface area (Å²) < 4.78 is 0. The monoisotopic (exact) mass is 444 g/mol. The summed E-state index contributed by atoms with van der Waals surface area (Å²) in [5.74, 6) is 1.66. The Labute approximate surface area is 200 Å². The van der Waals surface area contributed by atoms with E-state index in [-0.39, 0.29) is 0 Å². The molecule has 0 aromatic heterocycles. The van der Waals surface area contributed by atoms with Crippen molar-refractivity contribution in [1.82, 2.24) is 0 Å². The lowest BCUT2D eigenvalue weighted by molar-refractivity contribution is 0.310. The summed E-state index contributed by atoms with van der Waals surface area (Å²) in [7, 11) is 0. The van der Waals surface area contributed by atoms with E-state index >= 15 is 0 Å². The fourth-order valence-corrected chi connectivity index (χ4v) is 5.32. The molecule has 4 rings (SSSR count). The van der Waals surface area contributed by atoms with Gasteiger partial charge in [-0.15, -0.1) is 0 Å². The summed E-state index contributed by atoms with van der Waals surface area (Å²) in [4.78, 5) is 0. The number of benzene rings is 3. The van der Waals surface area contributed by atoms with Gasteiger partial charge in [0.2, 0.25) is 0 Å². The molecule has 0 heterocycles. The predicted molar refractivity (Wildman–Crippen MR) is 140 cm³/mol. The first-order valence-electron chi connectivity index (χ1n) is 12.6. The zero-order chi connectivity index (χ0) is 22.2. The van der Waals surface area contributed by atoms with E-state index in [4.69, 9.17) is 11.6 Å². The van der Waals surface area contributed by atoms with Crippen LogP contribution in [0.4, 0.5) is 0 Å². The second-order valence-electron chi connectivity index (χ2n) is 9.66. The first-order valence-corrected chi connectivity index (χ1v) is 13.0. The molecule has 0 aliphatic heterocycles. The van der Waals surface area contributed by atoms with E-state index in [0.717, 1.165) is 16.9 Å². The lowest BCUT2D eigenvalue weighted by Crippen LogP contribution is -2.14. The lowest BCUT2D eigenvalue weighted by Gasteiger charge is -2.29. The van der Waals surface area contributed by atoms with Crippen molar-refractivity contribution in [1.29, 1.82) is 0 Å². The van der Waals surface area contributed by atoms with Crippen molar-refractivity contribution in [3.05, 3.63) is 94.5 Å². The quantitative estimate of drug-likeness (QED) is 0.288. The van der Waals surface area contributed by atoms with Crippen molar-refractivity contribution >= 4 is 11.6 Å². The van der Waals surface area contributed by atoms with Gasteiger partial charge in [0.25, 0.3) is 0 Å². The van der Waals surface area contributed by atoms with Crippen LogP contribution in [0.25, 0.3) is 11.1 Å². The van der Waals surface area contributed by atoms with Gasteiger partial charge in [-0.25, -0.2) is 0 Å². The van der Waals surface area contributed by atoms with Crippen molar-refractivity contribution in [2.75, 3.05) is 0 Å². The van der Waals surface area contributed by atoms with Crippen LogP contribution >= 0.6 is 11.6 Å². The summed E-state index contributed by atoms with van der Waals surface area (Å²) >= 11 is 6.01. The highest BCUT2D eigenvalue weighted by Gasteiger charge is 2.22. The highest BCUT2D eigenvalue weighted by atomic mass is 35.5. The van der Waals surface area contributed by atoms with Crippen LogP contribution in [0.15, 0.2) is 72.8 Å². The molecule has 1 fully saturated rings. The molecule has 1 aliphatic carbocycles. The van der Waals surface area contributed by atoms with Crippen LogP contribution in [0.3, 0.4) is 0 Å². The predicted octanol–water partition coefficient (Wildman–Crippen LogP) is 9.65. The van der Waals surface area contributed by atoms with Gasteiger partial charge in [-0.1, -0.05) is 92.0 Å². The Hall–Kier alpha value is -2.05. The summed E-state index contributed by atoms with van der Waals surface area (Å²) in [5.41, 5.74) is 7.04. The van der Waals surface area contributed by atoms with Crippen molar-refractivity contribution in [2.45, 2.75) is 77.0 Å². The van der Waals surface area contributed by atoms with Crippen LogP contribution in [0, 0.1) is 5.92 Å². The molecule has 168 valence electrons. The Morgan fingerprint density at radius 2 is 1.22 bits per heavy atom. The Bertz CT molecular complexity index is 929. The SMILES string of the molecule is CCCCCc1ccc([C@H]2CC[C@H](CCc3ccc(-c4ccc(Cl)cc4)cc3)CC2)cc1. The van der Waals surface area contributed by atoms with Crippen LogP contribution < -0.4 is 0 Å². The summed E-state index contributed by atoms with van der Waals surface area (Å²) in [5, 5.41) is 0.791. The number of halogens is 1. The molecule has 0 atom stereocenters. The van der Waals surface area contributed by atoms with E-state index in [1.807, 2.05) is 12.1 Å². The molecular weight excluding hydrogens is 408 g/mol. The maximum atomic E-state index is 6.01. The van der Waals surface area contributed by atoms with Gasteiger partial charge < -0.3 is 0 Å². The summed E-state index contributed by atoms with van der Waals surface area (Å²) in [6.07, 6.45) is 13.2. The zero-order valence-electron chi connectivity index (χ0n) is 19.5. The molecule has 3 aromatic carbocycles. The van der Waals surface area contributed by atoms with Crippen molar-refractivity contribution in [3.8, 4) is 11.1 Å². The summed E-state index contributed by atoms with van der Waals surface area (Å²) in [6, 6.07) is 26.8. The average Bonchev–Trinajstić information content (AvgIpc) is 2.85. The maximum Gasteiger partial charge on any atom is 0.0406 e. The highest BCUT2D eigenvalue weighted by Crippen LogP contribution is 2.37. The lowest BCUT2D eigenvalue weighted by atomic mass is 9.76. The average molecular weight is 445 g/mol. The largest absolute Gasteiger partial charge is 0.0843 e. The van der Waals surface area contributed by atoms with Gasteiger partial charge >= 0.3 is 0 Å². The highest BCUT2D eigenvalue weighted by molar-refractivity contribution is 6.30. The fourth-order valence-electron chi connectivity index (χ4n) is 5.20. The van der Waals surface area contributed by atoms with Gasteiger partial charge in [0.1, 0.15) is 0 Å². The second kappa shape index (κ2) is 11.7. The minimum absolute atomic E-state index is 0.773. The zero-order valence-corrected chi connectivity index (χ0v) is 20.3. The van der Waals surface area contributed by atoms with E-state index in [2.05, 4.69) is 67.6 Å². The van der Waals surface area contributed by atoms with Crippen LogP contribution in [-0.4, -0.2) is 0 Å². The molecule has 0 N–H and O–H groups in total. The van der Waals surface area contributed by atoms with Crippen LogP contribution in [0.2, 0.25) is 5.02 Å². The second-order valence-corrected chi connectivity index (χ2v) is 10.1. The standard InChI is InChI=1S/C31H37Cl/c1-2-3-4-5-24-8-14-27(15-9-24)28-16-10-25(11-17-28)6-7-26-12-18-29(19-13-26)30-20-22-31(32)23-21-30/h8-9,12-15,18-23,25,28H,2-7,10-11,16-17H2,1H3/t25-,28-. The Morgan fingerprint density at radius 3 is 1.84 bits per heavy atom. The van der Waals surface area contributed by atoms with Gasteiger partial charge in [-0.05, 0) is 103 Å². The van der Waals surface area contributed by atoms with E-state index in [0.29, 0.717) is 0 Å². The van der Waals surface area contributed by atoms with Crippen LogP contribution in [0.1, 0.15) is 80.9 Å². The molecule has 0 bridgehead atoms. The molecule has 0 nitrogen and oxygen atoms in total. The molecule has 1 aliphatic rings. The molecule has 0 spiro atoms. The van der Waals surface area contributed by atoms with Gasteiger partial charge in [0.15, 0.2) is 0 Å². The minimum atomic E-state index is 0.773. The molecule has 1 heteroatoms. The normalized spacial score (nSPS) is 18.6. The molecule has 0 amide bonds. The molecule has 32 heavy (non-hydrogen) atoms. The fraction of sp³-hybridized carbons (Fsp3) is 0.419. The third kappa shape index (κ3) is 6.48. The van der Waals surface area contributed by atoms with Crippen molar-refractivity contribution < 1.29 is 0 Å². The van der Waals surface area contributed by atoms with E-state index in [1.54, 1.807) is 5.56 Å². The number of unbranched alkanes of at least 4 members (excludes halogenated alkanes) is 2. The Morgan fingerprint density at radius 1 is 0.656 bits per heavy atom. The Kier molecular flexibility index (Phi) is 8.46. The first-order chi connectivity index (χ1) is 15.7. The van der Waals surface area contributed by atoms with Crippen LogP contribution in [0.5, 0.6) is 0 Å². The summed E-state index contributed by atoms with van der Waals surface area (Å²) in [6.45, 7) is 2.28. The van der Waals surface area contributed by atoms with Crippen molar-refractivity contribution in [2.24, 2.45) is 5.92 Å². The van der Waals surface area contributed by atoms with Gasteiger partial charge in [0, 0.05) is 5.02 Å². The molecule has 3 aromatic rings. The Balaban J connectivity index is 1.22. The van der Waals surface area contributed by atoms with Crippen molar-refractivity contribution in [3.63, 3.8) is 0 Å². The third-order valence-corrected chi connectivity index (χ3v) is 7.59. The first kappa shape index (κ1) is 23.1. The number of aryl methyl sites for hydroxylation is 2. The molecule has 0 saturated heterocycles. The van der Waals surface area contributed by atoms with Gasteiger partial charge in [-0.3, -0.25) is 0 Å². The molecular formula is C31H37Cl.